The highest BCUT2D eigenvalue weighted by Gasteiger charge is 1.97. The van der Waals surface area contributed by atoms with Crippen LogP contribution in [0.4, 0.5) is 0 Å². The van der Waals surface area contributed by atoms with Crippen molar-refractivity contribution < 1.29 is 0 Å². The summed E-state index contributed by atoms with van der Waals surface area (Å²) in [7, 11) is 0. The quantitative estimate of drug-likeness (QED) is 0.708. The second-order valence-electron chi connectivity index (χ2n) is 3.76. The van der Waals surface area contributed by atoms with Crippen molar-refractivity contribution >= 4 is 18.2 Å². The Morgan fingerprint density at radius 1 is 0.875 bits per heavy atom. The standard InChI is InChI=1S/C15H14S/c1-12(11-16)13-7-9-15(10-8-13)14-5-3-2-4-6-14/h2-11,16H,1H3. The molecule has 0 unspecified atom stereocenters. The third-order valence-electron chi connectivity index (χ3n) is 2.64. The molecule has 0 aromatic heterocycles. The van der Waals surface area contributed by atoms with Crippen LogP contribution in [0.15, 0.2) is 60.0 Å². The lowest BCUT2D eigenvalue weighted by Gasteiger charge is -2.04. The number of thiol groups is 1. The van der Waals surface area contributed by atoms with Gasteiger partial charge in [0.05, 0.1) is 0 Å². The van der Waals surface area contributed by atoms with Gasteiger partial charge in [0.2, 0.25) is 0 Å². The van der Waals surface area contributed by atoms with Gasteiger partial charge in [-0.3, -0.25) is 0 Å². The summed E-state index contributed by atoms with van der Waals surface area (Å²) in [6.07, 6.45) is 0. The average molecular weight is 226 g/mol. The minimum Gasteiger partial charge on any atom is -0.151 e. The minimum atomic E-state index is 1.18. The Morgan fingerprint density at radius 3 is 2.00 bits per heavy atom. The van der Waals surface area contributed by atoms with Crippen LogP contribution in [0.3, 0.4) is 0 Å². The third-order valence-corrected chi connectivity index (χ3v) is 3.03. The van der Waals surface area contributed by atoms with Gasteiger partial charge >= 0.3 is 0 Å². The highest BCUT2D eigenvalue weighted by molar-refractivity contribution is 7.83. The summed E-state index contributed by atoms with van der Waals surface area (Å²) in [5.41, 5.74) is 4.90. The summed E-state index contributed by atoms with van der Waals surface area (Å²) < 4.78 is 0. The molecule has 0 saturated heterocycles. The summed E-state index contributed by atoms with van der Waals surface area (Å²) in [5.74, 6) is 0. The normalized spacial score (nSPS) is 11.5. The van der Waals surface area contributed by atoms with E-state index in [9.17, 15) is 0 Å². The van der Waals surface area contributed by atoms with E-state index in [1.807, 2.05) is 11.5 Å². The van der Waals surface area contributed by atoms with Crippen LogP contribution >= 0.6 is 12.6 Å². The number of allylic oxidation sites excluding steroid dienone is 1. The Labute approximate surface area is 102 Å². The molecular weight excluding hydrogens is 212 g/mol. The molecular formula is C15H14S. The van der Waals surface area contributed by atoms with Gasteiger partial charge in [-0.2, -0.15) is 12.6 Å². The van der Waals surface area contributed by atoms with Gasteiger partial charge in [-0.1, -0.05) is 54.6 Å². The van der Waals surface area contributed by atoms with Crippen molar-refractivity contribution in [1.82, 2.24) is 0 Å². The van der Waals surface area contributed by atoms with E-state index in [0.717, 1.165) is 0 Å². The summed E-state index contributed by atoms with van der Waals surface area (Å²) >= 11 is 4.16. The van der Waals surface area contributed by atoms with Crippen molar-refractivity contribution in [1.29, 1.82) is 0 Å². The Balaban J connectivity index is 2.34. The van der Waals surface area contributed by atoms with Crippen LogP contribution in [-0.4, -0.2) is 0 Å². The predicted octanol–water partition coefficient (Wildman–Crippen LogP) is 4.64. The lowest BCUT2D eigenvalue weighted by Crippen LogP contribution is -1.80. The molecule has 0 aliphatic rings. The first-order valence-electron chi connectivity index (χ1n) is 5.28. The van der Waals surface area contributed by atoms with Crippen molar-refractivity contribution in [2.75, 3.05) is 0 Å². The van der Waals surface area contributed by atoms with Gasteiger partial charge in [-0.15, -0.1) is 0 Å². The molecule has 0 atom stereocenters. The molecule has 0 aliphatic heterocycles. The van der Waals surface area contributed by atoms with E-state index in [2.05, 4.69) is 68.1 Å². The smallest absolute Gasteiger partial charge is 0.0184 e. The fraction of sp³-hybridized carbons (Fsp3) is 0.0667. The van der Waals surface area contributed by atoms with E-state index >= 15 is 0 Å². The van der Waals surface area contributed by atoms with Gasteiger partial charge in [0.1, 0.15) is 0 Å². The van der Waals surface area contributed by atoms with Gasteiger partial charge in [-0.25, -0.2) is 0 Å². The monoisotopic (exact) mass is 226 g/mol. The van der Waals surface area contributed by atoms with Gasteiger partial charge in [-0.05, 0) is 34.6 Å². The van der Waals surface area contributed by atoms with Crippen LogP contribution in [0.2, 0.25) is 0 Å². The zero-order valence-electron chi connectivity index (χ0n) is 9.22. The first-order valence-corrected chi connectivity index (χ1v) is 5.80. The van der Waals surface area contributed by atoms with Gasteiger partial charge in [0.15, 0.2) is 0 Å². The number of rotatable bonds is 2. The fourth-order valence-electron chi connectivity index (χ4n) is 1.63. The van der Waals surface area contributed by atoms with Crippen molar-refractivity contribution in [2.24, 2.45) is 0 Å². The molecule has 0 bridgehead atoms. The van der Waals surface area contributed by atoms with Crippen molar-refractivity contribution in [3.05, 3.63) is 65.6 Å². The van der Waals surface area contributed by atoms with Crippen molar-refractivity contribution in [3.63, 3.8) is 0 Å². The van der Waals surface area contributed by atoms with Gasteiger partial charge < -0.3 is 0 Å². The molecule has 0 nitrogen and oxygen atoms in total. The van der Waals surface area contributed by atoms with Gasteiger partial charge in [0, 0.05) is 0 Å². The highest BCUT2D eigenvalue weighted by atomic mass is 32.1. The third kappa shape index (κ3) is 2.37. The van der Waals surface area contributed by atoms with E-state index in [0.29, 0.717) is 0 Å². The molecule has 2 aromatic carbocycles. The molecule has 1 heteroatoms. The largest absolute Gasteiger partial charge is 0.151 e. The summed E-state index contributed by atoms with van der Waals surface area (Å²) in [6.45, 7) is 2.06. The zero-order chi connectivity index (χ0) is 11.4. The molecule has 0 aliphatic carbocycles. The van der Waals surface area contributed by atoms with Crippen molar-refractivity contribution in [3.8, 4) is 11.1 Å². The van der Waals surface area contributed by atoms with E-state index in [-0.39, 0.29) is 0 Å². The van der Waals surface area contributed by atoms with Crippen LogP contribution in [0, 0.1) is 0 Å². The molecule has 16 heavy (non-hydrogen) atoms. The van der Waals surface area contributed by atoms with E-state index in [1.54, 1.807) is 0 Å². The summed E-state index contributed by atoms with van der Waals surface area (Å²) in [6, 6.07) is 18.9. The Kier molecular flexibility index (Phi) is 3.47. The van der Waals surface area contributed by atoms with Gasteiger partial charge in [0.25, 0.3) is 0 Å². The molecule has 2 rings (SSSR count). The number of benzene rings is 2. The molecule has 0 heterocycles. The van der Waals surface area contributed by atoms with Crippen LogP contribution in [-0.2, 0) is 0 Å². The van der Waals surface area contributed by atoms with E-state index < -0.39 is 0 Å². The van der Waals surface area contributed by atoms with Crippen LogP contribution in [0.5, 0.6) is 0 Å². The average Bonchev–Trinajstić information content (AvgIpc) is 2.39. The predicted molar refractivity (Wildman–Crippen MR) is 74.5 cm³/mol. The summed E-state index contributed by atoms with van der Waals surface area (Å²) in [5, 5.41) is 1.83. The molecule has 0 amide bonds. The van der Waals surface area contributed by atoms with Crippen LogP contribution in [0.1, 0.15) is 12.5 Å². The Hall–Kier alpha value is -1.47. The maximum Gasteiger partial charge on any atom is -0.0184 e. The molecule has 0 spiro atoms. The lowest BCUT2D eigenvalue weighted by molar-refractivity contribution is 1.56. The SMILES string of the molecule is CC(=CS)c1ccc(-c2ccccc2)cc1. The van der Waals surface area contributed by atoms with Crippen LogP contribution in [0.25, 0.3) is 16.7 Å². The topological polar surface area (TPSA) is 0 Å². The maximum atomic E-state index is 4.16. The number of hydrogen-bond acceptors (Lipinski definition) is 1. The molecule has 80 valence electrons. The molecule has 0 N–H and O–H groups in total. The Bertz CT molecular complexity index is 481. The van der Waals surface area contributed by atoms with E-state index in [1.165, 1.54) is 22.3 Å². The van der Waals surface area contributed by atoms with E-state index in [4.69, 9.17) is 0 Å². The molecule has 2 aromatic rings. The fourth-order valence-corrected chi connectivity index (χ4v) is 1.78. The molecule has 0 fully saturated rings. The lowest BCUT2D eigenvalue weighted by atomic mass is 10.0. The minimum absolute atomic E-state index is 1.18. The number of hydrogen-bond donors (Lipinski definition) is 1. The first kappa shape index (κ1) is 11.0. The molecule has 0 saturated carbocycles. The maximum absolute atomic E-state index is 4.16. The summed E-state index contributed by atoms with van der Waals surface area (Å²) in [4.78, 5) is 0. The van der Waals surface area contributed by atoms with Crippen LogP contribution < -0.4 is 0 Å². The Morgan fingerprint density at radius 2 is 1.44 bits per heavy atom. The highest BCUT2D eigenvalue weighted by Crippen LogP contribution is 2.22. The second-order valence-corrected chi connectivity index (χ2v) is 4.01. The zero-order valence-corrected chi connectivity index (χ0v) is 10.1. The second kappa shape index (κ2) is 5.04. The van der Waals surface area contributed by atoms with Crippen molar-refractivity contribution in [2.45, 2.75) is 6.92 Å². The first-order chi connectivity index (χ1) is 7.81. The molecule has 0 radical (unpaired) electrons.